The first-order valence-electron chi connectivity index (χ1n) is 9.23. The lowest BCUT2D eigenvalue weighted by atomic mass is 9.88. The van der Waals surface area contributed by atoms with E-state index in [2.05, 4.69) is 36.2 Å². The summed E-state index contributed by atoms with van der Waals surface area (Å²) in [5, 5.41) is 0. The van der Waals surface area contributed by atoms with E-state index in [9.17, 15) is 9.59 Å². The van der Waals surface area contributed by atoms with E-state index in [0.29, 0.717) is 18.0 Å². The third-order valence-electron chi connectivity index (χ3n) is 5.66. The van der Waals surface area contributed by atoms with E-state index < -0.39 is 0 Å². The van der Waals surface area contributed by atoms with Crippen LogP contribution in [0, 0.1) is 6.92 Å². The number of piperidine rings is 1. The molecule has 1 amide bonds. The molecule has 4 rings (SSSR count). The minimum Gasteiger partial charge on any atom is -0.338 e. The molecule has 1 aromatic heterocycles. The predicted octanol–water partition coefficient (Wildman–Crippen LogP) is 3.19. The van der Waals surface area contributed by atoms with Gasteiger partial charge in [-0.2, -0.15) is 0 Å². The average molecular weight is 336 g/mol. The minimum absolute atomic E-state index is 0.116. The number of hydrogen-bond acceptors (Lipinski definition) is 2. The van der Waals surface area contributed by atoms with Crippen LogP contribution in [0.2, 0.25) is 0 Å². The van der Waals surface area contributed by atoms with Crippen molar-refractivity contribution < 1.29 is 4.79 Å². The molecule has 2 aromatic rings. The number of likely N-dealkylation sites (tertiary alicyclic amines) is 1. The SMILES string of the molecule is Cc1ccccc1C1CCCN(C(=O)c2cc3c([nH]c2=O)CCC3)C1. The Hall–Kier alpha value is -2.36. The highest BCUT2D eigenvalue weighted by atomic mass is 16.2. The average Bonchev–Trinajstić information content (AvgIpc) is 3.08. The zero-order valence-electron chi connectivity index (χ0n) is 14.7. The first-order chi connectivity index (χ1) is 12.1. The second-order valence-corrected chi connectivity index (χ2v) is 7.32. The zero-order chi connectivity index (χ0) is 17.4. The summed E-state index contributed by atoms with van der Waals surface area (Å²) in [6.07, 6.45) is 5.00. The predicted molar refractivity (Wildman–Crippen MR) is 98.1 cm³/mol. The van der Waals surface area contributed by atoms with Gasteiger partial charge < -0.3 is 9.88 Å². The van der Waals surface area contributed by atoms with E-state index in [1.807, 2.05) is 11.0 Å². The number of nitrogens with zero attached hydrogens (tertiary/aromatic N) is 1. The highest BCUT2D eigenvalue weighted by Gasteiger charge is 2.28. The number of fused-ring (bicyclic) bond motifs is 1. The molecule has 4 nitrogen and oxygen atoms in total. The summed E-state index contributed by atoms with van der Waals surface area (Å²) >= 11 is 0. The number of aryl methyl sites for hydroxylation is 3. The van der Waals surface area contributed by atoms with Crippen LogP contribution in [0.5, 0.6) is 0 Å². The summed E-state index contributed by atoms with van der Waals surface area (Å²) in [4.78, 5) is 30.1. The Morgan fingerprint density at radius 3 is 2.88 bits per heavy atom. The van der Waals surface area contributed by atoms with E-state index in [4.69, 9.17) is 0 Å². The molecule has 0 radical (unpaired) electrons. The molecule has 130 valence electrons. The fourth-order valence-corrected chi connectivity index (χ4v) is 4.30. The molecule has 1 unspecified atom stereocenters. The van der Waals surface area contributed by atoms with Crippen LogP contribution in [0.3, 0.4) is 0 Å². The van der Waals surface area contributed by atoms with Gasteiger partial charge in [-0.15, -0.1) is 0 Å². The van der Waals surface area contributed by atoms with Gasteiger partial charge in [0.2, 0.25) is 0 Å². The molecule has 1 aliphatic heterocycles. The summed E-state index contributed by atoms with van der Waals surface area (Å²) < 4.78 is 0. The van der Waals surface area contributed by atoms with E-state index in [1.54, 1.807) is 0 Å². The molecule has 0 bridgehead atoms. The molecule has 1 aliphatic carbocycles. The molecule has 1 fully saturated rings. The van der Waals surface area contributed by atoms with Crippen LogP contribution in [0.25, 0.3) is 0 Å². The largest absolute Gasteiger partial charge is 0.338 e. The van der Waals surface area contributed by atoms with Crippen molar-refractivity contribution in [3.05, 3.63) is 68.6 Å². The molecule has 1 N–H and O–H groups in total. The van der Waals surface area contributed by atoms with Gasteiger partial charge in [-0.25, -0.2) is 0 Å². The number of hydrogen-bond donors (Lipinski definition) is 1. The second-order valence-electron chi connectivity index (χ2n) is 7.32. The van der Waals surface area contributed by atoms with Crippen molar-refractivity contribution in [2.45, 2.75) is 44.9 Å². The van der Waals surface area contributed by atoms with Gasteiger partial charge in [0.25, 0.3) is 11.5 Å². The van der Waals surface area contributed by atoms with E-state index in [1.165, 1.54) is 11.1 Å². The molecule has 1 saturated heterocycles. The molecule has 0 saturated carbocycles. The van der Waals surface area contributed by atoms with Crippen LogP contribution in [0.4, 0.5) is 0 Å². The Kier molecular flexibility index (Phi) is 4.20. The quantitative estimate of drug-likeness (QED) is 0.916. The third-order valence-corrected chi connectivity index (χ3v) is 5.66. The van der Waals surface area contributed by atoms with Crippen molar-refractivity contribution in [3.63, 3.8) is 0 Å². The van der Waals surface area contributed by atoms with Gasteiger partial charge in [0.05, 0.1) is 0 Å². The van der Waals surface area contributed by atoms with Crippen molar-refractivity contribution >= 4 is 5.91 Å². The molecule has 4 heteroatoms. The number of rotatable bonds is 2. The van der Waals surface area contributed by atoms with Gasteiger partial charge in [-0.3, -0.25) is 9.59 Å². The maximum absolute atomic E-state index is 13.0. The third kappa shape index (κ3) is 3.01. The molecule has 25 heavy (non-hydrogen) atoms. The Balaban J connectivity index is 1.59. The summed E-state index contributed by atoms with van der Waals surface area (Å²) in [5.41, 5.74) is 4.82. The summed E-state index contributed by atoms with van der Waals surface area (Å²) in [6, 6.07) is 10.2. The normalized spacial score (nSPS) is 19.7. The number of benzene rings is 1. The molecular weight excluding hydrogens is 312 g/mol. The Morgan fingerprint density at radius 2 is 2.04 bits per heavy atom. The molecule has 2 heterocycles. The lowest BCUT2D eigenvalue weighted by Crippen LogP contribution is -2.41. The van der Waals surface area contributed by atoms with Crippen molar-refractivity contribution in [2.75, 3.05) is 13.1 Å². The molecule has 0 spiro atoms. The Labute approximate surface area is 147 Å². The Bertz CT molecular complexity index is 868. The zero-order valence-corrected chi connectivity index (χ0v) is 14.7. The lowest BCUT2D eigenvalue weighted by molar-refractivity contribution is 0.0705. The first kappa shape index (κ1) is 16.1. The summed E-state index contributed by atoms with van der Waals surface area (Å²) in [6.45, 7) is 3.55. The minimum atomic E-state index is -0.233. The van der Waals surface area contributed by atoms with Crippen LogP contribution in [0.1, 0.15) is 57.9 Å². The number of carbonyl (C=O) groups excluding carboxylic acids is 1. The second kappa shape index (κ2) is 6.51. The highest BCUT2D eigenvalue weighted by Crippen LogP contribution is 2.29. The van der Waals surface area contributed by atoms with Gasteiger partial charge in [0.15, 0.2) is 0 Å². The summed E-state index contributed by atoms with van der Waals surface area (Å²) in [5.74, 6) is 0.238. The summed E-state index contributed by atoms with van der Waals surface area (Å²) in [7, 11) is 0. The standard InChI is InChI=1S/C21H24N2O2/c1-14-6-2-3-9-17(14)16-8-5-11-23(13-16)21(25)18-12-15-7-4-10-19(15)22-20(18)24/h2-3,6,9,12,16H,4-5,7-8,10-11,13H2,1H3,(H,22,24). The highest BCUT2D eigenvalue weighted by molar-refractivity contribution is 5.94. The van der Waals surface area contributed by atoms with E-state index >= 15 is 0 Å². The van der Waals surface area contributed by atoms with Crippen molar-refractivity contribution in [1.29, 1.82) is 0 Å². The lowest BCUT2D eigenvalue weighted by Gasteiger charge is -2.33. The van der Waals surface area contributed by atoms with E-state index in [-0.39, 0.29) is 11.5 Å². The topological polar surface area (TPSA) is 53.2 Å². The number of H-pyrrole nitrogens is 1. The first-order valence-corrected chi connectivity index (χ1v) is 9.23. The van der Waals surface area contributed by atoms with E-state index in [0.717, 1.165) is 49.9 Å². The smallest absolute Gasteiger partial charge is 0.261 e. The van der Waals surface area contributed by atoms with Gasteiger partial charge in [0.1, 0.15) is 5.56 Å². The fourth-order valence-electron chi connectivity index (χ4n) is 4.30. The van der Waals surface area contributed by atoms with Crippen LogP contribution in [-0.2, 0) is 12.8 Å². The van der Waals surface area contributed by atoms with Crippen molar-refractivity contribution in [1.82, 2.24) is 9.88 Å². The van der Waals surface area contributed by atoms with Gasteiger partial charge in [-0.05, 0) is 61.8 Å². The van der Waals surface area contributed by atoms with Gasteiger partial charge >= 0.3 is 0 Å². The number of carbonyl (C=O) groups is 1. The fraction of sp³-hybridized carbons (Fsp3) is 0.429. The number of nitrogens with one attached hydrogen (secondary N) is 1. The number of aromatic nitrogens is 1. The molecule has 2 aliphatic rings. The molecule has 1 atom stereocenters. The maximum atomic E-state index is 13.0. The number of amides is 1. The van der Waals surface area contributed by atoms with Gasteiger partial charge in [0, 0.05) is 24.7 Å². The Morgan fingerprint density at radius 1 is 1.20 bits per heavy atom. The van der Waals surface area contributed by atoms with Gasteiger partial charge in [-0.1, -0.05) is 24.3 Å². The molecular formula is C21H24N2O2. The number of aromatic amines is 1. The van der Waals surface area contributed by atoms with Crippen LogP contribution >= 0.6 is 0 Å². The van der Waals surface area contributed by atoms with Crippen LogP contribution in [0.15, 0.2) is 35.1 Å². The monoisotopic (exact) mass is 336 g/mol. The maximum Gasteiger partial charge on any atom is 0.261 e. The van der Waals surface area contributed by atoms with Crippen LogP contribution < -0.4 is 5.56 Å². The van der Waals surface area contributed by atoms with Crippen LogP contribution in [-0.4, -0.2) is 28.9 Å². The van der Waals surface area contributed by atoms with Crippen molar-refractivity contribution in [3.8, 4) is 0 Å². The van der Waals surface area contributed by atoms with Crippen molar-refractivity contribution in [2.24, 2.45) is 0 Å². The molecule has 1 aromatic carbocycles. The number of pyridine rings is 1.